The Morgan fingerprint density at radius 2 is 2.24 bits per heavy atom. The molecule has 2 amide bonds. The van der Waals surface area contributed by atoms with Crippen molar-refractivity contribution in [2.24, 2.45) is 0 Å². The zero-order valence-corrected chi connectivity index (χ0v) is 13.1. The summed E-state index contributed by atoms with van der Waals surface area (Å²) in [6.45, 7) is 0.0349. The smallest absolute Gasteiger partial charge is 0.276 e. The van der Waals surface area contributed by atoms with Crippen LogP contribution in [-0.2, 0) is 4.79 Å². The normalized spacial score (nSPS) is 18.2. The average Bonchev–Trinajstić information content (AvgIpc) is 2.65. The number of hydrogen-bond donors (Lipinski definition) is 1. The summed E-state index contributed by atoms with van der Waals surface area (Å²) in [6, 6.07) is 0. The lowest BCUT2D eigenvalue weighted by atomic mass is 10.4. The number of nitrogens with zero attached hydrogens (tertiary/aromatic N) is 4. The predicted molar refractivity (Wildman–Crippen MR) is 75.7 cm³/mol. The molecule has 4 atom stereocenters. The number of likely N-dealkylation sites (N-methyl/N-ethyl adjacent to an activating group) is 1. The van der Waals surface area contributed by atoms with Crippen molar-refractivity contribution in [2.75, 3.05) is 18.9 Å². The Morgan fingerprint density at radius 3 is 2.88 bits per heavy atom. The highest BCUT2D eigenvalue weighted by Gasteiger charge is 2.30. The minimum atomic E-state index is -0.671. The molecule has 1 aromatic heterocycles. The minimum Gasteiger partial charge on any atom is -0.331 e. The molecule has 1 aliphatic rings. The van der Waals surface area contributed by atoms with E-state index < -0.39 is 7.45 Å². The van der Waals surface area contributed by atoms with E-state index in [2.05, 4.69) is 33.5 Å². The lowest BCUT2D eigenvalue weighted by Gasteiger charge is -2.15. The van der Waals surface area contributed by atoms with E-state index in [9.17, 15) is 9.59 Å². The monoisotopic (exact) mass is 309 g/mol. The molecule has 0 fully saturated rings. The number of carbonyl (C=O) groups excluding carboxylic acids is 2. The van der Waals surface area contributed by atoms with Gasteiger partial charge < -0.3 is 10.2 Å². The number of amides is 2. The largest absolute Gasteiger partial charge is 0.331 e. The highest BCUT2D eigenvalue weighted by Crippen LogP contribution is 2.66. The van der Waals surface area contributed by atoms with Gasteiger partial charge in [0.15, 0.2) is 11.5 Å². The first-order valence-corrected chi connectivity index (χ1v) is 11.1. The van der Waals surface area contributed by atoms with Crippen molar-refractivity contribution in [2.45, 2.75) is 0 Å². The Bertz CT molecular complexity index is 477. The first kappa shape index (κ1) is 13.2. The summed E-state index contributed by atoms with van der Waals surface area (Å²) in [5.41, 5.74) is 0.356. The van der Waals surface area contributed by atoms with Gasteiger partial charge in [-0.3, -0.25) is 9.59 Å². The van der Waals surface area contributed by atoms with E-state index in [1.165, 1.54) is 4.90 Å². The van der Waals surface area contributed by atoms with Crippen molar-refractivity contribution >= 4 is 50.9 Å². The zero-order chi connectivity index (χ0) is 12.6. The van der Waals surface area contributed by atoms with Crippen LogP contribution in [0.15, 0.2) is 0 Å². The van der Waals surface area contributed by atoms with Crippen molar-refractivity contribution in [3.05, 3.63) is 5.69 Å². The van der Waals surface area contributed by atoms with Gasteiger partial charge in [-0.1, -0.05) is 14.1 Å². The van der Waals surface area contributed by atoms with Crippen LogP contribution in [0.1, 0.15) is 10.5 Å². The van der Waals surface area contributed by atoms with E-state index in [0.717, 1.165) is 0 Å². The van der Waals surface area contributed by atoms with Crippen molar-refractivity contribution in [3.63, 3.8) is 0 Å². The van der Waals surface area contributed by atoms with Crippen molar-refractivity contribution in [1.29, 1.82) is 0 Å². The molecule has 1 aromatic rings. The highest BCUT2D eigenvalue weighted by atomic mass is 32.6. The molecule has 2 heterocycles. The Kier molecular flexibility index (Phi) is 4.05. The quantitative estimate of drug-likeness (QED) is 0.816. The molecule has 0 bridgehead atoms. The molecule has 92 valence electrons. The molecule has 0 aromatic carbocycles. The molecule has 1 aliphatic heterocycles. The molecule has 1 N–H and O–H groups in total. The summed E-state index contributed by atoms with van der Waals surface area (Å²) in [5.74, 6) is -0.239. The fraction of sp³-hybridized carbons (Fsp3) is 0.333. The zero-order valence-electron chi connectivity index (χ0n) is 8.91. The van der Waals surface area contributed by atoms with Gasteiger partial charge in [0.25, 0.3) is 5.91 Å². The van der Waals surface area contributed by atoms with Crippen LogP contribution in [-0.4, -0.2) is 45.1 Å². The van der Waals surface area contributed by atoms with Gasteiger partial charge in [0.1, 0.15) is 0 Å². The Morgan fingerprint density at radius 1 is 1.53 bits per heavy atom. The molecule has 0 saturated heterocycles. The maximum absolute atomic E-state index is 12.1. The van der Waals surface area contributed by atoms with Gasteiger partial charge in [-0.25, -0.2) is 4.45 Å². The van der Waals surface area contributed by atoms with Crippen LogP contribution in [0.4, 0.5) is 5.82 Å². The topological polar surface area (TPSA) is 80.1 Å². The van der Waals surface area contributed by atoms with Gasteiger partial charge in [0.2, 0.25) is 5.91 Å². The SMILES string of the molecule is CN1CC(=O)Nc2nnn(P(P)PP)c2C1=O. The Hall–Kier alpha value is -0.200. The minimum absolute atomic E-state index is 0.0349. The summed E-state index contributed by atoms with van der Waals surface area (Å²) in [5, 5.41) is 10.4. The summed E-state index contributed by atoms with van der Waals surface area (Å²) in [4.78, 5) is 24.9. The van der Waals surface area contributed by atoms with Crippen molar-refractivity contribution in [3.8, 4) is 0 Å². The van der Waals surface area contributed by atoms with Crippen LogP contribution < -0.4 is 5.32 Å². The standard InChI is InChI=1S/C6H11N5O2P4/c1-10-2-3(12)7-5-4(6(10)13)11(9-8-5)17(15)16-14/h16H,2,14-15H2,1H3,(H,7,12). The third-order valence-corrected chi connectivity index (χ3v) is 11.6. The lowest BCUT2D eigenvalue weighted by molar-refractivity contribution is -0.116. The Balaban J connectivity index is 2.50. The van der Waals surface area contributed by atoms with Gasteiger partial charge in [-0.2, -0.15) is 0 Å². The molecular formula is C6H11N5O2P4. The van der Waals surface area contributed by atoms with Crippen LogP contribution in [0.5, 0.6) is 0 Å². The number of nitrogens with one attached hydrogen (secondary N) is 1. The van der Waals surface area contributed by atoms with Crippen LogP contribution in [0.25, 0.3) is 0 Å². The fourth-order valence-corrected chi connectivity index (χ4v) is 4.24. The third-order valence-electron chi connectivity index (χ3n) is 2.18. The van der Waals surface area contributed by atoms with Crippen molar-refractivity contribution in [1.82, 2.24) is 19.7 Å². The molecule has 0 aliphatic carbocycles. The molecule has 2 rings (SSSR count). The number of rotatable bonds is 2. The van der Waals surface area contributed by atoms with E-state index in [0.29, 0.717) is 13.7 Å². The van der Waals surface area contributed by atoms with Gasteiger partial charge in [-0.05, 0) is 7.96 Å². The predicted octanol–water partition coefficient (Wildman–Crippen LogP) is 0.721. The molecule has 17 heavy (non-hydrogen) atoms. The highest BCUT2D eigenvalue weighted by molar-refractivity contribution is 8.60. The number of carbonyl (C=O) groups is 2. The second-order valence-corrected chi connectivity index (χ2v) is 12.2. The lowest BCUT2D eigenvalue weighted by Crippen LogP contribution is -2.32. The van der Waals surface area contributed by atoms with E-state index >= 15 is 0 Å². The molecular weight excluding hydrogens is 298 g/mol. The summed E-state index contributed by atoms with van der Waals surface area (Å²) in [7, 11) is 6.74. The van der Waals surface area contributed by atoms with E-state index in [1.54, 1.807) is 11.5 Å². The van der Waals surface area contributed by atoms with Gasteiger partial charge >= 0.3 is 0 Å². The number of aromatic nitrogens is 3. The van der Waals surface area contributed by atoms with Crippen LogP contribution in [0.2, 0.25) is 0 Å². The van der Waals surface area contributed by atoms with Crippen LogP contribution >= 0.6 is 33.3 Å². The van der Waals surface area contributed by atoms with E-state index in [1.807, 2.05) is 0 Å². The molecule has 0 radical (unpaired) electrons. The molecule has 0 spiro atoms. The summed E-state index contributed by atoms with van der Waals surface area (Å²) >= 11 is 0. The first-order chi connectivity index (χ1) is 8.04. The summed E-state index contributed by atoms with van der Waals surface area (Å²) < 4.78 is 1.59. The maximum Gasteiger partial charge on any atom is 0.276 e. The Labute approximate surface area is 105 Å². The molecule has 7 nitrogen and oxygen atoms in total. The number of anilines is 1. The second kappa shape index (κ2) is 5.20. The molecule has 0 saturated carbocycles. The first-order valence-electron chi connectivity index (χ1n) is 4.57. The van der Waals surface area contributed by atoms with Crippen LogP contribution in [0.3, 0.4) is 0 Å². The maximum atomic E-state index is 12.1. The van der Waals surface area contributed by atoms with E-state index in [-0.39, 0.29) is 24.2 Å². The molecule has 4 unspecified atom stereocenters. The summed E-state index contributed by atoms with van der Waals surface area (Å²) in [6.07, 6.45) is 0. The fourth-order valence-electron chi connectivity index (χ4n) is 1.39. The van der Waals surface area contributed by atoms with Gasteiger partial charge in [-0.15, -0.1) is 14.0 Å². The van der Waals surface area contributed by atoms with Crippen LogP contribution in [0, 0.1) is 0 Å². The molecule has 11 heteroatoms. The number of fused-ring (bicyclic) bond motifs is 1. The van der Waals surface area contributed by atoms with Gasteiger partial charge in [0.05, 0.1) is 14.0 Å². The van der Waals surface area contributed by atoms with E-state index in [4.69, 9.17) is 0 Å². The van der Waals surface area contributed by atoms with Crippen molar-refractivity contribution < 1.29 is 9.59 Å². The number of hydrogen-bond acceptors (Lipinski definition) is 4. The van der Waals surface area contributed by atoms with Gasteiger partial charge in [0, 0.05) is 7.05 Å². The third kappa shape index (κ3) is 2.48. The average molecular weight is 309 g/mol. The second-order valence-electron chi connectivity index (χ2n) is 3.36.